The van der Waals surface area contributed by atoms with Crippen LogP contribution >= 0.6 is 11.8 Å². The molecule has 1 aromatic carbocycles. The van der Waals surface area contributed by atoms with Gasteiger partial charge in [-0.15, -0.1) is 5.10 Å². The zero-order valence-corrected chi connectivity index (χ0v) is 9.09. The summed E-state index contributed by atoms with van der Waals surface area (Å²) in [6.07, 6.45) is 0. The van der Waals surface area contributed by atoms with Gasteiger partial charge in [-0.2, -0.15) is 0 Å². The fourth-order valence-corrected chi connectivity index (χ4v) is 1.94. The average Bonchev–Trinajstić information content (AvgIpc) is 2.65. The van der Waals surface area contributed by atoms with Crippen molar-refractivity contribution in [3.63, 3.8) is 0 Å². The Morgan fingerprint density at radius 2 is 2.19 bits per heavy atom. The summed E-state index contributed by atoms with van der Waals surface area (Å²) in [6, 6.07) is 6.47. The number of nitrogens with zero attached hydrogens (tertiary/aromatic N) is 5. The monoisotopic (exact) mass is 237 g/mol. The normalized spacial score (nSPS) is 10.3. The third-order valence-electron chi connectivity index (χ3n) is 1.84. The predicted octanol–water partition coefficient (Wildman–Crippen LogP) is 1.27. The lowest BCUT2D eigenvalue weighted by atomic mass is 10.3. The highest BCUT2D eigenvalue weighted by Gasteiger charge is 2.15. The fraction of sp³-hybridized carbons (Fsp3) is 0.125. The van der Waals surface area contributed by atoms with Gasteiger partial charge in [-0.05, 0) is 28.3 Å². The van der Waals surface area contributed by atoms with Gasteiger partial charge >= 0.3 is 0 Å². The minimum atomic E-state index is -0.424. The maximum atomic E-state index is 10.8. The van der Waals surface area contributed by atoms with Gasteiger partial charge in [0, 0.05) is 13.1 Å². The predicted molar refractivity (Wildman–Crippen MR) is 56.0 cm³/mol. The molecule has 7 nitrogen and oxygen atoms in total. The van der Waals surface area contributed by atoms with Crippen molar-refractivity contribution < 1.29 is 4.92 Å². The highest BCUT2D eigenvalue weighted by atomic mass is 32.2. The number of hydrogen-bond acceptors (Lipinski definition) is 6. The Bertz CT molecular complexity index is 527. The van der Waals surface area contributed by atoms with E-state index in [1.807, 2.05) is 0 Å². The quantitative estimate of drug-likeness (QED) is 0.590. The van der Waals surface area contributed by atoms with Gasteiger partial charge in [-0.3, -0.25) is 10.1 Å². The highest BCUT2D eigenvalue weighted by molar-refractivity contribution is 7.99. The summed E-state index contributed by atoms with van der Waals surface area (Å²) in [7, 11) is 1.68. The molecule has 0 aliphatic carbocycles. The van der Waals surface area contributed by atoms with E-state index in [9.17, 15) is 10.1 Å². The third kappa shape index (κ3) is 2.01. The van der Waals surface area contributed by atoms with Crippen LogP contribution in [0, 0.1) is 10.1 Å². The molecule has 2 rings (SSSR count). The number of aryl methyl sites for hydroxylation is 1. The fourth-order valence-electron chi connectivity index (χ4n) is 1.10. The second-order valence-corrected chi connectivity index (χ2v) is 3.92. The molecule has 0 aliphatic heterocycles. The zero-order valence-electron chi connectivity index (χ0n) is 8.27. The summed E-state index contributed by atoms with van der Waals surface area (Å²) < 4.78 is 1.46. The van der Waals surface area contributed by atoms with Crippen LogP contribution in [-0.2, 0) is 7.05 Å². The Morgan fingerprint density at radius 3 is 2.81 bits per heavy atom. The number of para-hydroxylation sites is 1. The van der Waals surface area contributed by atoms with Crippen LogP contribution in [0.15, 0.2) is 34.3 Å². The van der Waals surface area contributed by atoms with Crippen molar-refractivity contribution in [2.45, 2.75) is 10.1 Å². The Hall–Kier alpha value is -1.96. The first-order valence-corrected chi connectivity index (χ1v) is 5.14. The Balaban J connectivity index is 2.35. The Morgan fingerprint density at radius 1 is 1.44 bits per heavy atom. The molecule has 0 spiro atoms. The summed E-state index contributed by atoms with van der Waals surface area (Å²) in [6.45, 7) is 0. The lowest BCUT2D eigenvalue weighted by molar-refractivity contribution is -0.387. The maximum absolute atomic E-state index is 10.8. The standard InChI is InChI=1S/C8H7N5O2S/c1-12-8(9-10-11-12)16-7-5-3-2-4-6(7)13(14)15/h2-5H,1H3. The molecule has 0 fully saturated rings. The summed E-state index contributed by atoms with van der Waals surface area (Å²) in [5.41, 5.74) is 0.0514. The van der Waals surface area contributed by atoms with Crippen LogP contribution in [0.2, 0.25) is 0 Å². The van der Waals surface area contributed by atoms with Crippen LogP contribution in [0.3, 0.4) is 0 Å². The molecule has 8 heteroatoms. The van der Waals surface area contributed by atoms with Crippen molar-refractivity contribution in [2.75, 3.05) is 0 Å². The number of rotatable bonds is 3. The summed E-state index contributed by atoms with van der Waals surface area (Å²) in [5, 5.41) is 22.1. The van der Waals surface area contributed by atoms with E-state index in [0.717, 1.165) is 11.8 Å². The topological polar surface area (TPSA) is 86.7 Å². The molecule has 0 saturated carbocycles. The van der Waals surface area contributed by atoms with Crippen molar-refractivity contribution in [2.24, 2.45) is 7.05 Å². The van der Waals surface area contributed by atoms with E-state index in [1.54, 1.807) is 25.2 Å². The van der Waals surface area contributed by atoms with Crippen LogP contribution < -0.4 is 0 Å². The summed E-state index contributed by atoms with van der Waals surface area (Å²) >= 11 is 1.16. The molecule has 0 atom stereocenters. The molecule has 1 aromatic heterocycles. The SMILES string of the molecule is Cn1nnnc1Sc1ccccc1[N+](=O)[O-]. The maximum Gasteiger partial charge on any atom is 0.283 e. The number of aromatic nitrogens is 4. The van der Waals surface area contributed by atoms with E-state index >= 15 is 0 Å². The average molecular weight is 237 g/mol. The van der Waals surface area contributed by atoms with Gasteiger partial charge in [0.25, 0.3) is 5.69 Å². The van der Waals surface area contributed by atoms with Crippen LogP contribution in [0.1, 0.15) is 0 Å². The van der Waals surface area contributed by atoms with E-state index < -0.39 is 4.92 Å². The molecule has 0 saturated heterocycles. The second kappa shape index (κ2) is 4.27. The molecule has 1 heterocycles. The van der Waals surface area contributed by atoms with E-state index in [1.165, 1.54) is 10.7 Å². The van der Waals surface area contributed by atoms with Gasteiger partial charge in [-0.25, -0.2) is 4.68 Å². The first-order chi connectivity index (χ1) is 7.68. The Kier molecular flexibility index (Phi) is 2.82. The smallest absolute Gasteiger partial charge is 0.258 e. The molecule has 16 heavy (non-hydrogen) atoms. The molecule has 0 amide bonds. The van der Waals surface area contributed by atoms with Crippen LogP contribution in [0.25, 0.3) is 0 Å². The largest absolute Gasteiger partial charge is 0.283 e. The Labute approximate surface area is 94.6 Å². The van der Waals surface area contributed by atoms with E-state index in [0.29, 0.717) is 10.1 Å². The van der Waals surface area contributed by atoms with Crippen molar-refractivity contribution in [1.82, 2.24) is 20.2 Å². The summed E-state index contributed by atoms with van der Waals surface area (Å²) in [5.74, 6) is 0. The number of nitro benzene ring substituents is 1. The molecule has 82 valence electrons. The lowest BCUT2D eigenvalue weighted by Crippen LogP contribution is -1.94. The van der Waals surface area contributed by atoms with Gasteiger partial charge in [-0.1, -0.05) is 12.1 Å². The molecule has 0 bridgehead atoms. The van der Waals surface area contributed by atoms with Gasteiger partial charge in [0.2, 0.25) is 5.16 Å². The second-order valence-electron chi connectivity index (χ2n) is 2.91. The third-order valence-corrected chi connectivity index (χ3v) is 2.94. The molecule has 0 radical (unpaired) electrons. The molecular weight excluding hydrogens is 230 g/mol. The van der Waals surface area contributed by atoms with Crippen LogP contribution in [0.4, 0.5) is 5.69 Å². The molecule has 0 aliphatic rings. The number of tetrazole rings is 1. The number of benzene rings is 1. The molecule has 2 aromatic rings. The van der Waals surface area contributed by atoms with Crippen LogP contribution in [0.5, 0.6) is 0 Å². The van der Waals surface area contributed by atoms with Gasteiger partial charge in [0.15, 0.2) is 0 Å². The van der Waals surface area contributed by atoms with Gasteiger partial charge in [0.1, 0.15) is 0 Å². The van der Waals surface area contributed by atoms with Crippen LogP contribution in [-0.4, -0.2) is 25.1 Å². The molecule has 0 N–H and O–H groups in total. The van der Waals surface area contributed by atoms with Gasteiger partial charge < -0.3 is 0 Å². The highest BCUT2D eigenvalue weighted by Crippen LogP contribution is 2.32. The van der Waals surface area contributed by atoms with E-state index in [-0.39, 0.29) is 5.69 Å². The summed E-state index contributed by atoms with van der Waals surface area (Å²) in [4.78, 5) is 10.9. The minimum absolute atomic E-state index is 0.0514. The first kappa shape index (κ1) is 10.6. The molecule has 0 unspecified atom stereocenters. The molecular formula is C8H7N5O2S. The van der Waals surface area contributed by atoms with E-state index in [2.05, 4.69) is 15.5 Å². The van der Waals surface area contributed by atoms with E-state index in [4.69, 9.17) is 0 Å². The zero-order chi connectivity index (χ0) is 11.5. The number of hydrogen-bond donors (Lipinski definition) is 0. The van der Waals surface area contributed by atoms with Crippen molar-refractivity contribution in [3.8, 4) is 0 Å². The minimum Gasteiger partial charge on any atom is -0.258 e. The van der Waals surface area contributed by atoms with Crippen molar-refractivity contribution >= 4 is 17.4 Å². The van der Waals surface area contributed by atoms with Crippen molar-refractivity contribution in [1.29, 1.82) is 0 Å². The lowest BCUT2D eigenvalue weighted by Gasteiger charge is -2.00. The first-order valence-electron chi connectivity index (χ1n) is 4.32. The van der Waals surface area contributed by atoms with Gasteiger partial charge in [0.05, 0.1) is 9.82 Å². The number of nitro groups is 1. The van der Waals surface area contributed by atoms with Crippen molar-refractivity contribution in [3.05, 3.63) is 34.4 Å².